The first-order valence-electron chi connectivity index (χ1n) is 8.15. The van der Waals surface area contributed by atoms with Crippen LogP contribution in [0.2, 0.25) is 5.02 Å². The monoisotopic (exact) mass is 393 g/mol. The van der Waals surface area contributed by atoms with Crippen molar-refractivity contribution in [2.45, 2.75) is 46.0 Å². The molecule has 23 heavy (non-hydrogen) atoms. The van der Waals surface area contributed by atoms with Gasteiger partial charge in [-0.15, -0.1) is 0 Å². The van der Waals surface area contributed by atoms with Crippen molar-refractivity contribution in [2.75, 3.05) is 0 Å². The number of ketones is 1. The van der Waals surface area contributed by atoms with Crippen molar-refractivity contribution >= 4 is 33.3 Å². The van der Waals surface area contributed by atoms with E-state index in [1.165, 1.54) is 25.7 Å². The number of carbonyl (C=O) groups excluding carboxylic acids is 1. The zero-order chi connectivity index (χ0) is 16.6. The van der Waals surface area contributed by atoms with Gasteiger partial charge in [-0.3, -0.25) is 4.79 Å². The standard InChI is InChI=1S/C19H21BrClNO/c1-12-18(17(23)11-14-5-3-4-6-14)19(20)13(2)22(12)16-9-7-15(21)8-10-16/h7-10,14H,3-6,11H2,1-2H3. The van der Waals surface area contributed by atoms with Crippen molar-refractivity contribution in [3.05, 3.63) is 50.7 Å². The Morgan fingerprint density at radius 3 is 2.39 bits per heavy atom. The molecule has 0 radical (unpaired) electrons. The fourth-order valence-electron chi connectivity index (χ4n) is 3.68. The van der Waals surface area contributed by atoms with Crippen molar-refractivity contribution in [3.8, 4) is 5.69 Å². The third kappa shape index (κ3) is 3.27. The SMILES string of the molecule is Cc1c(Br)c(C(=O)CC2CCCC2)c(C)n1-c1ccc(Cl)cc1. The molecule has 0 saturated heterocycles. The second-order valence-corrected chi connectivity index (χ2v) is 7.68. The van der Waals surface area contributed by atoms with Gasteiger partial charge < -0.3 is 4.57 Å². The van der Waals surface area contributed by atoms with Crippen LogP contribution in [0.1, 0.15) is 53.8 Å². The van der Waals surface area contributed by atoms with Crippen molar-refractivity contribution < 1.29 is 4.79 Å². The van der Waals surface area contributed by atoms with Gasteiger partial charge in [0.1, 0.15) is 0 Å². The average Bonchev–Trinajstić information content (AvgIpc) is 3.09. The van der Waals surface area contributed by atoms with E-state index in [0.29, 0.717) is 17.4 Å². The summed E-state index contributed by atoms with van der Waals surface area (Å²) in [5, 5.41) is 0.716. The molecular weight excluding hydrogens is 374 g/mol. The number of rotatable bonds is 4. The van der Waals surface area contributed by atoms with Crippen LogP contribution in [0.15, 0.2) is 28.7 Å². The Labute approximate surface area is 151 Å². The minimum Gasteiger partial charge on any atom is -0.317 e. The minimum absolute atomic E-state index is 0.261. The Hall–Kier alpha value is -1.06. The van der Waals surface area contributed by atoms with Crippen molar-refractivity contribution in [1.29, 1.82) is 0 Å². The van der Waals surface area contributed by atoms with Gasteiger partial charge in [-0.2, -0.15) is 0 Å². The van der Waals surface area contributed by atoms with Crippen LogP contribution in [-0.4, -0.2) is 10.4 Å². The number of nitrogens with zero attached hydrogens (tertiary/aromatic N) is 1. The second kappa shape index (κ2) is 6.82. The normalized spacial score (nSPS) is 15.3. The molecule has 1 saturated carbocycles. The van der Waals surface area contributed by atoms with Gasteiger partial charge in [0.15, 0.2) is 5.78 Å². The summed E-state index contributed by atoms with van der Waals surface area (Å²) >= 11 is 9.63. The molecule has 0 spiro atoms. The highest BCUT2D eigenvalue weighted by atomic mass is 79.9. The summed E-state index contributed by atoms with van der Waals surface area (Å²) in [6.45, 7) is 4.06. The molecular formula is C19H21BrClNO. The van der Waals surface area contributed by atoms with Crippen molar-refractivity contribution in [1.82, 2.24) is 4.57 Å². The van der Waals surface area contributed by atoms with Crippen LogP contribution in [0.25, 0.3) is 5.69 Å². The van der Waals surface area contributed by atoms with Gasteiger partial charge >= 0.3 is 0 Å². The van der Waals surface area contributed by atoms with Gasteiger partial charge in [0.05, 0.1) is 5.56 Å². The molecule has 1 heterocycles. The zero-order valence-electron chi connectivity index (χ0n) is 13.5. The van der Waals surface area contributed by atoms with E-state index in [1.807, 2.05) is 38.1 Å². The van der Waals surface area contributed by atoms with Crippen molar-refractivity contribution in [2.24, 2.45) is 5.92 Å². The van der Waals surface area contributed by atoms with E-state index in [1.54, 1.807) is 0 Å². The number of Topliss-reactive ketones (excluding diaryl/α,β-unsaturated/α-hetero) is 1. The van der Waals surface area contributed by atoms with Crippen LogP contribution in [0.5, 0.6) is 0 Å². The molecule has 1 aliphatic rings. The van der Waals surface area contributed by atoms with Gasteiger partial charge in [0.25, 0.3) is 0 Å². The number of hydrogen-bond donors (Lipinski definition) is 0. The fraction of sp³-hybridized carbons (Fsp3) is 0.421. The summed E-state index contributed by atoms with van der Waals surface area (Å²) in [4.78, 5) is 12.8. The lowest BCUT2D eigenvalue weighted by Gasteiger charge is -2.10. The number of aromatic nitrogens is 1. The number of carbonyl (C=O) groups is 1. The van der Waals surface area contributed by atoms with E-state index >= 15 is 0 Å². The summed E-state index contributed by atoms with van der Waals surface area (Å²) in [7, 11) is 0. The molecule has 3 rings (SSSR count). The Morgan fingerprint density at radius 1 is 1.17 bits per heavy atom. The van der Waals surface area contributed by atoms with E-state index in [-0.39, 0.29) is 5.78 Å². The highest BCUT2D eigenvalue weighted by Crippen LogP contribution is 2.35. The highest BCUT2D eigenvalue weighted by Gasteiger charge is 2.25. The molecule has 4 heteroatoms. The maximum Gasteiger partial charge on any atom is 0.166 e. The first-order valence-corrected chi connectivity index (χ1v) is 9.32. The third-order valence-corrected chi connectivity index (χ3v) is 6.10. The Balaban J connectivity index is 1.97. The lowest BCUT2D eigenvalue weighted by atomic mass is 9.97. The molecule has 122 valence electrons. The molecule has 1 fully saturated rings. The zero-order valence-corrected chi connectivity index (χ0v) is 15.9. The Bertz CT molecular complexity index is 727. The van der Waals surface area contributed by atoms with Gasteiger partial charge in [-0.25, -0.2) is 0 Å². The summed E-state index contributed by atoms with van der Waals surface area (Å²) < 4.78 is 3.05. The molecule has 0 unspecified atom stereocenters. The van der Waals surface area contributed by atoms with Gasteiger partial charge in [-0.05, 0) is 60.0 Å². The maximum atomic E-state index is 12.8. The van der Waals surface area contributed by atoms with Crippen LogP contribution >= 0.6 is 27.5 Å². The van der Waals surface area contributed by atoms with E-state index in [2.05, 4.69) is 20.5 Å². The topological polar surface area (TPSA) is 22.0 Å². The molecule has 0 amide bonds. The van der Waals surface area contributed by atoms with Gasteiger partial charge in [-0.1, -0.05) is 37.3 Å². The van der Waals surface area contributed by atoms with Crippen LogP contribution in [-0.2, 0) is 0 Å². The second-order valence-electron chi connectivity index (χ2n) is 6.45. The van der Waals surface area contributed by atoms with Crippen LogP contribution in [0.3, 0.4) is 0 Å². The van der Waals surface area contributed by atoms with Crippen molar-refractivity contribution in [3.63, 3.8) is 0 Å². The molecule has 1 aromatic heterocycles. The lowest BCUT2D eigenvalue weighted by molar-refractivity contribution is 0.0961. The van der Waals surface area contributed by atoms with E-state index in [0.717, 1.165) is 27.1 Å². The predicted octanol–water partition coefficient (Wildman–Crippen LogP) is 6.27. The smallest absolute Gasteiger partial charge is 0.166 e. The maximum absolute atomic E-state index is 12.8. The Kier molecular flexibility index (Phi) is 4.98. The van der Waals surface area contributed by atoms with Crippen LogP contribution in [0.4, 0.5) is 0 Å². The highest BCUT2D eigenvalue weighted by molar-refractivity contribution is 9.10. The molecule has 0 bridgehead atoms. The van der Waals surface area contributed by atoms with Crippen LogP contribution in [0, 0.1) is 19.8 Å². The number of hydrogen-bond acceptors (Lipinski definition) is 1. The molecule has 0 aliphatic heterocycles. The predicted molar refractivity (Wildman–Crippen MR) is 98.9 cm³/mol. The van der Waals surface area contributed by atoms with E-state index in [4.69, 9.17) is 11.6 Å². The first-order chi connectivity index (χ1) is 11.0. The average molecular weight is 395 g/mol. The first kappa shape index (κ1) is 16.8. The van der Waals surface area contributed by atoms with E-state index < -0.39 is 0 Å². The van der Waals surface area contributed by atoms with Gasteiger partial charge in [0.2, 0.25) is 0 Å². The molecule has 1 aromatic carbocycles. The largest absolute Gasteiger partial charge is 0.317 e. The summed E-state index contributed by atoms with van der Waals surface area (Å²) in [6, 6.07) is 7.73. The molecule has 0 atom stereocenters. The summed E-state index contributed by atoms with van der Waals surface area (Å²) in [5.41, 5.74) is 3.92. The molecule has 0 N–H and O–H groups in total. The molecule has 1 aliphatic carbocycles. The summed E-state index contributed by atoms with van der Waals surface area (Å²) in [5.74, 6) is 0.824. The van der Waals surface area contributed by atoms with Crippen LogP contribution < -0.4 is 0 Å². The number of benzene rings is 1. The fourth-order valence-corrected chi connectivity index (χ4v) is 4.49. The van der Waals surface area contributed by atoms with Gasteiger partial charge in [0, 0.05) is 33.0 Å². The number of halogens is 2. The summed E-state index contributed by atoms with van der Waals surface area (Å²) in [6.07, 6.45) is 5.59. The molecule has 2 aromatic rings. The minimum atomic E-state index is 0.261. The van der Waals surface area contributed by atoms with E-state index in [9.17, 15) is 4.79 Å². The third-order valence-electron chi connectivity index (χ3n) is 4.88. The lowest BCUT2D eigenvalue weighted by Crippen LogP contribution is -2.08. The molecule has 2 nitrogen and oxygen atoms in total. The Morgan fingerprint density at radius 2 is 1.78 bits per heavy atom. The quantitative estimate of drug-likeness (QED) is 0.560.